The molecular weight excluding hydrogens is 396 g/mol. The number of β-lactam (4-membered cyclic amide) rings is 1. The third-order valence-electron chi connectivity index (χ3n) is 4.37. The molecule has 1 fully saturated rings. The Morgan fingerprint density at radius 3 is 2.44 bits per heavy atom. The molecule has 1 saturated heterocycles. The van der Waals surface area contributed by atoms with Crippen LogP contribution in [0, 0.1) is 0 Å². The lowest BCUT2D eigenvalue weighted by molar-refractivity contribution is -0.152. The van der Waals surface area contributed by atoms with Crippen molar-refractivity contribution >= 4 is 47.1 Å². The molecule has 142 valence electrons. The molecule has 27 heavy (non-hydrogen) atoms. The molecule has 3 atom stereocenters. The maximum atomic E-state index is 12.5. The van der Waals surface area contributed by atoms with E-state index in [-0.39, 0.29) is 11.3 Å². The maximum absolute atomic E-state index is 12.5. The minimum atomic E-state index is -1.51. The summed E-state index contributed by atoms with van der Waals surface area (Å²) in [6.07, 6.45) is 0. The molecule has 0 radical (unpaired) electrons. The number of hydrogen-bond donors (Lipinski definition) is 3. The monoisotopic (exact) mass is 410 g/mol. The lowest BCUT2D eigenvalue weighted by atomic mass is 9.96. The van der Waals surface area contributed by atoms with E-state index in [4.69, 9.17) is 11.6 Å². The second-order valence-electron chi connectivity index (χ2n) is 6.15. The van der Waals surface area contributed by atoms with E-state index in [0.29, 0.717) is 16.3 Å². The number of nitrogens with zero attached hydrogens (tertiary/aromatic N) is 1. The topological polar surface area (TPSA) is 124 Å². The molecule has 2 heterocycles. The van der Waals surface area contributed by atoms with Crippen LogP contribution in [-0.4, -0.2) is 56.0 Å². The average molecular weight is 411 g/mol. The van der Waals surface area contributed by atoms with Crippen LogP contribution in [0.25, 0.3) is 0 Å². The van der Waals surface area contributed by atoms with Gasteiger partial charge in [-0.2, -0.15) is 0 Å². The Kier molecular flexibility index (Phi) is 5.16. The van der Waals surface area contributed by atoms with E-state index < -0.39 is 41.1 Å². The van der Waals surface area contributed by atoms with Crippen molar-refractivity contribution in [1.82, 2.24) is 10.2 Å². The van der Waals surface area contributed by atoms with E-state index >= 15 is 0 Å². The molecule has 10 heteroatoms. The maximum Gasteiger partial charge on any atom is 0.352 e. The molecule has 3 rings (SSSR count). The molecule has 8 nitrogen and oxygen atoms in total. The molecule has 1 aromatic carbocycles. The summed E-state index contributed by atoms with van der Waals surface area (Å²) in [5.74, 6) is -5.09. The third kappa shape index (κ3) is 3.40. The van der Waals surface area contributed by atoms with Gasteiger partial charge in [-0.05, 0) is 30.2 Å². The zero-order chi connectivity index (χ0) is 19.9. The first-order valence-electron chi connectivity index (χ1n) is 7.88. The Morgan fingerprint density at radius 2 is 1.89 bits per heavy atom. The lowest BCUT2D eigenvalue weighted by Crippen LogP contribution is -2.70. The van der Waals surface area contributed by atoms with Crippen molar-refractivity contribution in [2.75, 3.05) is 5.75 Å². The van der Waals surface area contributed by atoms with E-state index in [2.05, 4.69) is 5.32 Å². The fourth-order valence-electron chi connectivity index (χ4n) is 3.07. The van der Waals surface area contributed by atoms with E-state index in [1.54, 1.807) is 6.92 Å². The number of fused-ring (bicyclic) bond motifs is 1. The number of carbonyl (C=O) groups excluding carboxylic acids is 2. The van der Waals surface area contributed by atoms with Crippen molar-refractivity contribution < 1.29 is 29.4 Å². The Balaban J connectivity index is 1.78. The summed E-state index contributed by atoms with van der Waals surface area (Å²) in [4.78, 5) is 49.1. The molecule has 1 aromatic rings. The number of rotatable bonds is 5. The number of nitrogens with one attached hydrogen (secondary N) is 1. The van der Waals surface area contributed by atoms with Crippen LogP contribution < -0.4 is 5.32 Å². The van der Waals surface area contributed by atoms with Gasteiger partial charge in [0.15, 0.2) is 5.92 Å². The van der Waals surface area contributed by atoms with Gasteiger partial charge in [0.25, 0.3) is 5.91 Å². The highest BCUT2D eigenvalue weighted by Gasteiger charge is 2.54. The summed E-state index contributed by atoms with van der Waals surface area (Å²) >= 11 is 7.10. The number of benzene rings is 1. The van der Waals surface area contributed by atoms with E-state index in [1.165, 1.54) is 36.0 Å². The minimum absolute atomic E-state index is 0.0817. The predicted molar refractivity (Wildman–Crippen MR) is 97.2 cm³/mol. The van der Waals surface area contributed by atoms with Gasteiger partial charge < -0.3 is 15.5 Å². The molecule has 0 bridgehead atoms. The predicted octanol–water partition coefficient (Wildman–Crippen LogP) is 1.27. The van der Waals surface area contributed by atoms with Gasteiger partial charge >= 0.3 is 11.9 Å². The molecule has 0 aliphatic carbocycles. The van der Waals surface area contributed by atoms with Gasteiger partial charge in [0.1, 0.15) is 17.1 Å². The summed E-state index contributed by atoms with van der Waals surface area (Å²) in [5.41, 5.74) is 0.708. The number of carbonyl (C=O) groups is 4. The summed E-state index contributed by atoms with van der Waals surface area (Å²) in [6.45, 7) is 1.63. The van der Waals surface area contributed by atoms with Gasteiger partial charge in [0, 0.05) is 10.8 Å². The first kappa shape index (κ1) is 19.2. The molecule has 0 spiro atoms. The van der Waals surface area contributed by atoms with Crippen LogP contribution in [-0.2, 0) is 19.2 Å². The molecule has 2 aliphatic rings. The first-order valence-corrected chi connectivity index (χ1v) is 9.31. The van der Waals surface area contributed by atoms with Gasteiger partial charge in [-0.25, -0.2) is 4.79 Å². The van der Waals surface area contributed by atoms with Crippen LogP contribution in [0.3, 0.4) is 0 Å². The Labute approximate surface area is 163 Å². The largest absolute Gasteiger partial charge is 0.480 e. The molecule has 0 aromatic heterocycles. The van der Waals surface area contributed by atoms with Crippen LogP contribution in [0.4, 0.5) is 0 Å². The van der Waals surface area contributed by atoms with Gasteiger partial charge in [-0.1, -0.05) is 23.7 Å². The highest BCUT2D eigenvalue weighted by atomic mass is 35.5. The van der Waals surface area contributed by atoms with Crippen LogP contribution in [0.15, 0.2) is 35.5 Å². The highest BCUT2D eigenvalue weighted by molar-refractivity contribution is 8.00. The van der Waals surface area contributed by atoms with Crippen molar-refractivity contribution in [2.24, 2.45) is 0 Å². The zero-order valence-electron chi connectivity index (χ0n) is 14.0. The zero-order valence-corrected chi connectivity index (χ0v) is 15.6. The van der Waals surface area contributed by atoms with Crippen molar-refractivity contribution in [3.63, 3.8) is 0 Å². The quantitative estimate of drug-likeness (QED) is 0.493. The standard InChI is InChI=1S/C17H15ClN2O6S/c1-7-6-27-15-11(14(22)20(15)12(7)17(25)26)19-13(21)10(16(23)24)8-2-4-9(18)5-3-8/h2-5,10-11,15H,6H2,1H3,(H,19,21)(H,23,24)(H,25,26)/t10?,11?,15-/m0/s1. The Morgan fingerprint density at radius 1 is 1.26 bits per heavy atom. The number of amides is 2. The smallest absolute Gasteiger partial charge is 0.352 e. The fraction of sp³-hybridized carbons (Fsp3) is 0.294. The lowest BCUT2D eigenvalue weighted by Gasteiger charge is -2.49. The molecule has 3 N–H and O–H groups in total. The summed E-state index contributed by atoms with van der Waals surface area (Å²) < 4.78 is 0. The summed E-state index contributed by atoms with van der Waals surface area (Å²) in [6, 6.07) is 4.83. The second kappa shape index (κ2) is 7.24. The Bertz CT molecular complexity index is 869. The molecule has 2 aliphatic heterocycles. The molecule has 2 unspecified atom stereocenters. The van der Waals surface area contributed by atoms with Crippen molar-refractivity contribution in [1.29, 1.82) is 0 Å². The van der Waals surface area contributed by atoms with Crippen LogP contribution >= 0.6 is 23.4 Å². The molecular formula is C17H15ClN2O6S. The number of carboxylic acid groups (broad SMARTS) is 2. The SMILES string of the molecule is CC1=C(C(=O)O)N2C(=O)C(NC(=O)C(C(=O)O)c3ccc(Cl)cc3)[C@@H]2SC1. The van der Waals surface area contributed by atoms with E-state index in [9.17, 15) is 29.4 Å². The van der Waals surface area contributed by atoms with E-state index in [0.717, 1.165) is 4.90 Å². The fourth-order valence-corrected chi connectivity index (χ4v) is 4.49. The van der Waals surface area contributed by atoms with Crippen LogP contribution in [0.5, 0.6) is 0 Å². The highest BCUT2D eigenvalue weighted by Crippen LogP contribution is 2.40. The number of halogens is 1. The third-order valence-corrected chi connectivity index (χ3v) is 6.05. The average Bonchev–Trinajstić information content (AvgIpc) is 2.60. The molecule has 2 amide bonds. The van der Waals surface area contributed by atoms with Crippen LogP contribution in [0.1, 0.15) is 18.4 Å². The van der Waals surface area contributed by atoms with Crippen molar-refractivity contribution in [2.45, 2.75) is 24.3 Å². The number of carboxylic acids is 2. The van der Waals surface area contributed by atoms with Crippen molar-refractivity contribution in [3.05, 3.63) is 46.1 Å². The summed E-state index contributed by atoms with van der Waals surface area (Å²) in [7, 11) is 0. The van der Waals surface area contributed by atoms with Gasteiger partial charge in [0.2, 0.25) is 5.91 Å². The van der Waals surface area contributed by atoms with Crippen LogP contribution in [0.2, 0.25) is 5.02 Å². The van der Waals surface area contributed by atoms with Crippen molar-refractivity contribution in [3.8, 4) is 0 Å². The first-order chi connectivity index (χ1) is 12.7. The normalized spacial score (nSPS) is 22.6. The van der Waals surface area contributed by atoms with E-state index in [1.807, 2.05) is 0 Å². The number of hydrogen-bond acceptors (Lipinski definition) is 5. The second-order valence-corrected chi connectivity index (χ2v) is 7.69. The van der Waals surface area contributed by atoms with Gasteiger partial charge in [-0.15, -0.1) is 11.8 Å². The molecule has 0 saturated carbocycles. The van der Waals surface area contributed by atoms with Gasteiger partial charge in [0.05, 0.1) is 0 Å². The Hall–Kier alpha value is -2.52. The number of thioether (sulfide) groups is 1. The summed E-state index contributed by atoms with van der Waals surface area (Å²) in [5, 5.41) is 21.0. The minimum Gasteiger partial charge on any atom is -0.480 e. The van der Waals surface area contributed by atoms with Gasteiger partial charge in [-0.3, -0.25) is 19.3 Å². The number of aliphatic carboxylic acids is 2.